The summed E-state index contributed by atoms with van der Waals surface area (Å²) in [6.45, 7) is 1.67. The number of nitrogens with one attached hydrogen (secondary N) is 2. The molecule has 1 aromatic carbocycles. The second-order valence-electron chi connectivity index (χ2n) is 5.81. The third kappa shape index (κ3) is 4.01. The molecule has 0 radical (unpaired) electrons. The first kappa shape index (κ1) is 17.5. The van der Waals surface area contributed by atoms with Crippen molar-refractivity contribution in [1.82, 2.24) is 9.97 Å². The molecular formula is C15H15F3N4O2S. The number of aryl methyl sites for hydroxylation is 1. The predicted molar refractivity (Wildman–Crippen MR) is 87.0 cm³/mol. The molecule has 2 aromatic rings. The van der Waals surface area contributed by atoms with E-state index in [1.807, 2.05) is 0 Å². The SMILES string of the molecule is Cc1cc(Nc2ccc(F)c(F)c2F)nc(NC2CCS(=O)(=O)C2)n1. The molecule has 0 spiro atoms. The van der Waals surface area contributed by atoms with Crippen LogP contribution in [-0.4, -0.2) is 35.9 Å². The van der Waals surface area contributed by atoms with E-state index >= 15 is 0 Å². The summed E-state index contributed by atoms with van der Waals surface area (Å²) in [6.07, 6.45) is 0.445. The lowest BCUT2D eigenvalue weighted by Gasteiger charge is -2.13. The van der Waals surface area contributed by atoms with Gasteiger partial charge in [0.05, 0.1) is 17.2 Å². The van der Waals surface area contributed by atoms with E-state index in [0.29, 0.717) is 12.1 Å². The van der Waals surface area contributed by atoms with Crippen LogP contribution in [0, 0.1) is 24.4 Å². The number of sulfone groups is 1. The third-order valence-electron chi connectivity index (χ3n) is 3.72. The van der Waals surface area contributed by atoms with E-state index in [4.69, 9.17) is 0 Å². The van der Waals surface area contributed by atoms with Crippen molar-refractivity contribution in [2.75, 3.05) is 22.1 Å². The van der Waals surface area contributed by atoms with E-state index in [2.05, 4.69) is 20.6 Å². The minimum absolute atomic E-state index is 0.00906. The van der Waals surface area contributed by atoms with Crippen molar-refractivity contribution in [2.24, 2.45) is 0 Å². The number of anilines is 3. The summed E-state index contributed by atoms with van der Waals surface area (Å²) in [5.74, 6) is -3.79. The van der Waals surface area contributed by atoms with Crippen LogP contribution >= 0.6 is 0 Å². The molecule has 0 aliphatic carbocycles. The van der Waals surface area contributed by atoms with Crippen LogP contribution in [0.15, 0.2) is 18.2 Å². The number of hydrogen-bond acceptors (Lipinski definition) is 6. The summed E-state index contributed by atoms with van der Waals surface area (Å²) in [5, 5.41) is 5.50. The smallest absolute Gasteiger partial charge is 0.225 e. The molecule has 2 N–H and O–H groups in total. The summed E-state index contributed by atoms with van der Waals surface area (Å²) in [4.78, 5) is 8.28. The Bertz CT molecular complexity index is 921. The van der Waals surface area contributed by atoms with Crippen LogP contribution in [0.25, 0.3) is 0 Å². The van der Waals surface area contributed by atoms with Crippen LogP contribution in [0.4, 0.5) is 30.6 Å². The van der Waals surface area contributed by atoms with Gasteiger partial charge in [0.1, 0.15) is 5.82 Å². The summed E-state index contributed by atoms with van der Waals surface area (Å²) in [5.41, 5.74) is 0.259. The van der Waals surface area contributed by atoms with Gasteiger partial charge in [0.15, 0.2) is 27.3 Å². The Morgan fingerprint density at radius 3 is 2.60 bits per heavy atom. The van der Waals surface area contributed by atoms with Crippen LogP contribution in [0.3, 0.4) is 0 Å². The van der Waals surface area contributed by atoms with Crippen molar-refractivity contribution in [3.63, 3.8) is 0 Å². The van der Waals surface area contributed by atoms with Crippen molar-refractivity contribution < 1.29 is 21.6 Å². The van der Waals surface area contributed by atoms with Crippen molar-refractivity contribution >= 4 is 27.3 Å². The monoisotopic (exact) mass is 372 g/mol. The molecule has 3 rings (SSSR count). The predicted octanol–water partition coefficient (Wildman–Crippen LogP) is 2.54. The number of benzene rings is 1. The largest absolute Gasteiger partial charge is 0.350 e. The standard InChI is InChI=1S/C15H15F3N4O2S/c1-8-6-12(21-11-3-2-10(16)13(17)14(11)18)22-15(19-8)20-9-4-5-25(23,24)7-9/h2-3,6,9H,4-5,7H2,1H3,(H2,19,20,21,22). The van der Waals surface area contributed by atoms with Crippen LogP contribution < -0.4 is 10.6 Å². The Morgan fingerprint density at radius 2 is 1.92 bits per heavy atom. The van der Waals surface area contributed by atoms with Gasteiger partial charge in [0.2, 0.25) is 5.95 Å². The molecule has 1 atom stereocenters. The molecule has 1 aliphatic rings. The number of aromatic nitrogens is 2. The van der Waals surface area contributed by atoms with Gasteiger partial charge in [-0.2, -0.15) is 4.98 Å². The molecule has 1 aromatic heterocycles. The van der Waals surface area contributed by atoms with E-state index in [1.54, 1.807) is 6.92 Å². The molecule has 6 nitrogen and oxygen atoms in total. The third-order valence-corrected chi connectivity index (χ3v) is 5.49. The molecule has 1 saturated heterocycles. The maximum Gasteiger partial charge on any atom is 0.225 e. The van der Waals surface area contributed by atoms with Crippen LogP contribution in [-0.2, 0) is 9.84 Å². The minimum atomic E-state index is -3.06. The van der Waals surface area contributed by atoms with Gasteiger partial charge < -0.3 is 10.6 Å². The first-order valence-corrected chi connectivity index (χ1v) is 9.29. The Hall–Kier alpha value is -2.36. The normalized spacial score (nSPS) is 19.0. The highest BCUT2D eigenvalue weighted by Crippen LogP contribution is 2.24. The highest BCUT2D eigenvalue weighted by Gasteiger charge is 2.28. The van der Waals surface area contributed by atoms with Gasteiger partial charge in [0.25, 0.3) is 0 Å². The first-order chi connectivity index (χ1) is 11.7. The van der Waals surface area contributed by atoms with Crippen molar-refractivity contribution in [3.05, 3.63) is 41.3 Å². The van der Waals surface area contributed by atoms with Gasteiger partial charge >= 0.3 is 0 Å². The average Bonchev–Trinajstić information content (AvgIpc) is 2.86. The molecule has 1 aliphatic heterocycles. The van der Waals surface area contributed by atoms with Gasteiger partial charge in [-0.3, -0.25) is 0 Å². The van der Waals surface area contributed by atoms with Gasteiger partial charge in [-0.1, -0.05) is 0 Å². The molecule has 10 heteroatoms. The number of nitrogens with zero attached hydrogens (tertiary/aromatic N) is 2. The lowest BCUT2D eigenvalue weighted by molar-refractivity contribution is 0.449. The van der Waals surface area contributed by atoms with Gasteiger partial charge in [0, 0.05) is 17.8 Å². The average molecular weight is 372 g/mol. The van der Waals surface area contributed by atoms with Crippen LogP contribution in [0.1, 0.15) is 12.1 Å². The Balaban J connectivity index is 1.81. The lowest BCUT2D eigenvalue weighted by atomic mass is 10.2. The molecule has 0 bridgehead atoms. The summed E-state index contributed by atoms with van der Waals surface area (Å²) >= 11 is 0. The van der Waals surface area contributed by atoms with Gasteiger partial charge in [-0.25, -0.2) is 26.6 Å². The second kappa shape index (κ2) is 6.51. The van der Waals surface area contributed by atoms with E-state index in [-0.39, 0.29) is 35.0 Å². The molecule has 1 unspecified atom stereocenters. The zero-order chi connectivity index (χ0) is 18.2. The summed E-state index contributed by atoms with van der Waals surface area (Å²) in [6, 6.07) is 3.05. The molecule has 0 saturated carbocycles. The van der Waals surface area contributed by atoms with Crippen LogP contribution in [0.2, 0.25) is 0 Å². The molecular weight excluding hydrogens is 357 g/mol. The Labute approximate surface area is 142 Å². The lowest BCUT2D eigenvalue weighted by Crippen LogP contribution is -2.22. The van der Waals surface area contributed by atoms with Crippen molar-refractivity contribution in [1.29, 1.82) is 0 Å². The van der Waals surface area contributed by atoms with E-state index in [1.165, 1.54) is 6.07 Å². The van der Waals surface area contributed by atoms with Crippen molar-refractivity contribution in [2.45, 2.75) is 19.4 Å². The highest BCUT2D eigenvalue weighted by atomic mass is 32.2. The maximum absolute atomic E-state index is 13.8. The molecule has 2 heterocycles. The Kier molecular flexibility index (Phi) is 4.55. The van der Waals surface area contributed by atoms with Gasteiger partial charge in [-0.15, -0.1) is 0 Å². The fraction of sp³-hybridized carbons (Fsp3) is 0.333. The van der Waals surface area contributed by atoms with E-state index < -0.39 is 27.3 Å². The summed E-state index contributed by atoms with van der Waals surface area (Å²) < 4.78 is 63.1. The Morgan fingerprint density at radius 1 is 1.16 bits per heavy atom. The maximum atomic E-state index is 13.8. The highest BCUT2D eigenvalue weighted by molar-refractivity contribution is 7.91. The summed E-state index contributed by atoms with van der Waals surface area (Å²) in [7, 11) is -3.06. The zero-order valence-corrected chi connectivity index (χ0v) is 14.0. The molecule has 134 valence electrons. The molecule has 0 amide bonds. The van der Waals surface area contributed by atoms with E-state index in [9.17, 15) is 21.6 Å². The quantitative estimate of drug-likeness (QED) is 0.803. The first-order valence-electron chi connectivity index (χ1n) is 7.47. The zero-order valence-electron chi connectivity index (χ0n) is 13.2. The second-order valence-corrected chi connectivity index (χ2v) is 8.04. The van der Waals surface area contributed by atoms with E-state index in [0.717, 1.165) is 12.1 Å². The fourth-order valence-electron chi connectivity index (χ4n) is 2.55. The number of halogens is 3. The van der Waals surface area contributed by atoms with Gasteiger partial charge in [-0.05, 0) is 25.5 Å². The van der Waals surface area contributed by atoms with Crippen molar-refractivity contribution in [3.8, 4) is 0 Å². The fourth-order valence-corrected chi connectivity index (χ4v) is 4.22. The number of rotatable bonds is 4. The topological polar surface area (TPSA) is 84.0 Å². The molecule has 1 fully saturated rings. The minimum Gasteiger partial charge on any atom is -0.350 e. The van der Waals surface area contributed by atoms with Crippen LogP contribution in [0.5, 0.6) is 0 Å². The number of hydrogen-bond donors (Lipinski definition) is 2. The molecule has 25 heavy (non-hydrogen) atoms.